The van der Waals surface area contributed by atoms with Crippen molar-refractivity contribution in [3.8, 4) is 0 Å². The first-order valence-corrected chi connectivity index (χ1v) is 8.64. The molecule has 1 aromatic carbocycles. The van der Waals surface area contributed by atoms with Crippen LogP contribution < -0.4 is 5.56 Å². The minimum absolute atomic E-state index is 0.125. The zero-order valence-corrected chi connectivity index (χ0v) is 14.1. The van der Waals surface area contributed by atoms with Gasteiger partial charge in [0.1, 0.15) is 10.6 Å². The molecule has 118 valence electrons. The Morgan fingerprint density at radius 3 is 2.70 bits per heavy atom. The predicted octanol–water partition coefficient (Wildman–Crippen LogP) is 3.50. The Labute approximate surface area is 140 Å². The van der Waals surface area contributed by atoms with Crippen LogP contribution in [-0.4, -0.2) is 20.6 Å². The molecule has 0 aliphatic heterocycles. The fraction of sp³-hybridized carbons (Fsp3) is 0.188. The van der Waals surface area contributed by atoms with E-state index >= 15 is 0 Å². The number of nitrogens with zero attached hydrogens (tertiary/aromatic N) is 2. The number of halogens is 1. The van der Waals surface area contributed by atoms with E-state index in [1.165, 1.54) is 51.9 Å². The molecule has 2 heterocycles. The van der Waals surface area contributed by atoms with E-state index in [0.29, 0.717) is 20.9 Å². The van der Waals surface area contributed by atoms with E-state index < -0.39 is 5.25 Å². The van der Waals surface area contributed by atoms with Gasteiger partial charge in [0.05, 0.1) is 10.6 Å². The summed E-state index contributed by atoms with van der Waals surface area (Å²) in [5.74, 6) is -0.510. The first kappa shape index (κ1) is 15.9. The average Bonchev–Trinajstić information content (AvgIpc) is 3.00. The lowest BCUT2D eigenvalue weighted by atomic mass is 10.1. The van der Waals surface area contributed by atoms with Gasteiger partial charge >= 0.3 is 0 Å². The molecule has 1 atom stereocenters. The smallest absolute Gasteiger partial charge is 0.262 e. The van der Waals surface area contributed by atoms with Crippen LogP contribution in [0.15, 0.2) is 45.7 Å². The molecule has 3 aromatic rings. The Morgan fingerprint density at radius 1 is 1.30 bits per heavy atom. The molecule has 0 aliphatic carbocycles. The summed E-state index contributed by atoms with van der Waals surface area (Å²) in [6.07, 6.45) is 0. The average molecular weight is 348 g/mol. The third kappa shape index (κ3) is 3.07. The first-order chi connectivity index (χ1) is 11.0. The van der Waals surface area contributed by atoms with Crippen molar-refractivity contribution in [2.75, 3.05) is 0 Å². The topological polar surface area (TPSA) is 52.0 Å². The summed E-state index contributed by atoms with van der Waals surface area (Å²) >= 11 is 2.62. The molecule has 2 aromatic heterocycles. The van der Waals surface area contributed by atoms with Gasteiger partial charge < -0.3 is 0 Å². The lowest BCUT2D eigenvalue weighted by molar-refractivity contribution is 0.0994. The number of hydrogen-bond acceptors (Lipinski definition) is 5. The third-order valence-corrected chi connectivity index (χ3v) is 5.39. The molecule has 0 spiro atoms. The SMILES string of the molecule is CC(Sc1nc2sccc2c(=O)n1C)C(=O)c1ccc(F)cc1. The number of thioether (sulfide) groups is 1. The summed E-state index contributed by atoms with van der Waals surface area (Å²) in [7, 11) is 1.64. The van der Waals surface area contributed by atoms with Gasteiger partial charge in [-0.05, 0) is 42.6 Å². The van der Waals surface area contributed by atoms with Gasteiger partial charge in [-0.2, -0.15) is 0 Å². The second-order valence-corrected chi connectivity index (χ2v) is 7.23. The zero-order chi connectivity index (χ0) is 16.6. The molecule has 23 heavy (non-hydrogen) atoms. The normalized spacial score (nSPS) is 12.5. The standard InChI is InChI=1S/C16H13FN2O2S2/c1-9(13(20)10-3-5-11(17)6-4-10)23-16-18-14-12(7-8-22-14)15(21)19(16)2/h3-9H,1-2H3. The molecule has 0 amide bonds. The highest BCUT2D eigenvalue weighted by Gasteiger charge is 2.20. The molecule has 1 unspecified atom stereocenters. The number of carbonyl (C=O) groups is 1. The summed E-state index contributed by atoms with van der Waals surface area (Å²) in [4.78, 5) is 29.8. The van der Waals surface area contributed by atoms with Crippen molar-refractivity contribution in [1.29, 1.82) is 0 Å². The summed E-state index contributed by atoms with van der Waals surface area (Å²) in [5.41, 5.74) is 0.314. The largest absolute Gasteiger partial charge is 0.293 e. The lowest BCUT2D eigenvalue weighted by Gasteiger charge is -2.12. The number of benzene rings is 1. The molecular weight excluding hydrogens is 335 g/mol. The number of rotatable bonds is 4. The number of thiophene rings is 1. The molecule has 0 aliphatic rings. The van der Waals surface area contributed by atoms with Crippen LogP contribution in [0.4, 0.5) is 4.39 Å². The minimum atomic E-state index is -0.434. The van der Waals surface area contributed by atoms with E-state index in [9.17, 15) is 14.0 Å². The molecule has 3 rings (SSSR count). The lowest BCUT2D eigenvalue weighted by Crippen LogP contribution is -2.21. The van der Waals surface area contributed by atoms with E-state index in [1.807, 2.05) is 5.38 Å². The van der Waals surface area contributed by atoms with Gasteiger partial charge in [0.15, 0.2) is 10.9 Å². The highest BCUT2D eigenvalue weighted by molar-refractivity contribution is 8.00. The maximum Gasteiger partial charge on any atom is 0.262 e. The zero-order valence-electron chi connectivity index (χ0n) is 12.4. The second kappa shape index (κ2) is 6.25. The molecule has 0 saturated carbocycles. The third-order valence-electron chi connectivity index (χ3n) is 3.44. The van der Waals surface area contributed by atoms with Crippen LogP contribution in [0, 0.1) is 5.82 Å². The summed E-state index contributed by atoms with van der Waals surface area (Å²) < 4.78 is 14.4. The Morgan fingerprint density at radius 2 is 2.00 bits per heavy atom. The molecule has 0 fully saturated rings. The summed E-state index contributed by atoms with van der Waals surface area (Å²) in [6.45, 7) is 1.75. The second-order valence-electron chi connectivity index (χ2n) is 5.03. The maximum absolute atomic E-state index is 12.9. The van der Waals surface area contributed by atoms with Gasteiger partial charge in [-0.3, -0.25) is 14.2 Å². The van der Waals surface area contributed by atoms with Crippen LogP contribution in [0.5, 0.6) is 0 Å². The van der Waals surface area contributed by atoms with Crippen molar-refractivity contribution < 1.29 is 9.18 Å². The molecule has 0 saturated heterocycles. The number of fused-ring (bicyclic) bond motifs is 1. The molecule has 4 nitrogen and oxygen atoms in total. The summed E-state index contributed by atoms with van der Waals surface area (Å²) in [6, 6.07) is 7.19. The van der Waals surface area contributed by atoms with Crippen LogP contribution in [0.1, 0.15) is 17.3 Å². The number of Topliss-reactive ketones (excluding diaryl/α,β-unsaturated/α-hetero) is 1. The number of ketones is 1. The van der Waals surface area contributed by atoms with Crippen LogP contribution in [0.25, 0.3) is 10.2 Å². The van der Waals surface area contributed by atoms with E-state index in [0.717, 1.165) is 0 Å². The highest BCUT2D eigenvalue weighted by Crippen LogP contribution is 2.25. The van der Waals surface area contributed by atoms with Crippen molar-refractivity contribution in [2.24, 2.45) is 7.05 Å². The van der Waals surface area contributed by atoms with Crippen LogP contribution >= 0.6 is 23.1 Å². The molecule has 0 N–H and O–H groups in total. The Bertz CT molecular complexity index is 931. The van der Waals surface area contributed by atoms with E-state index in [1.54, 1.807) is 20.0 Å². The van der Waals surface area contributed by atoms with Crippen LogP contribution in [-0.2, 0) is 7.05 Å². The van der Waals surface area contributed by atoms with Gasteiger partial charge in [-0.1, -0.05) is 11.8 Å². The Hall–Kier alpha value is -1.99. The fourth-order valence-electron chi connectivity index (χ4n) is 2.15. The highest BCUT2D eigenvalue weighted by atomic mass is 32.2. The van der Waals surface area contributed by atoms with Gasteiger partial charge in [0, 0.05) is 12.6 Å². The van der Waals surface area contributed by atoms with Crippen LogP contribution in [0.3, 0.4) is 0 Å². The maximum atomic E-state index is 12.9. The van der Waals surface area contributed by atoms with Crippen molar-refractivity contribution in [1.82, 2.24) is 9.55 Å². The first-order valence-electron chi connectivity index (χ1n) is 6.88. The van der Waals surface area contributed by atoms with Crippen molar-refractivity contribution in [3.63, 3.8) is 0 Å². The van der Waals surface area contributed by atoms with E-state index in [2.05, 4.69) is 4.98 Å². The van der Waals surface area contributed by atoms with E-state index in [-0.39, 0.29) is 17.2 Å². The fourth-order valence-corrected chi connectivity index (χ4v) is 3.90. The van der Waals surface area contributed by atoms with E-state index in [4.69, 9.17) is 0 Å². The van der Waals surface area contributed by atoms with Gasteiger partial charge in [-0.15, -0.1) is 11.3 Å². The van der Waals surface area contributed by atoms with Crippen LogP contribution in [0.2, 0.25) is 0 Å². The van der Waals surface area contributed by atoms with Gasteiger partial charge in [0.2, 0.25) is 0 Å². The Balaban J connectivity index is 1.89. The number of hydrogen-bond donors (Lipinski definition) is 0. The van der Waals surface area contributed by atoms with Gasteiger partial charge in [0.25, 0.3) is 5.56 Å². The molecular formula is C16H13FN2O2S2. The van der Waals surface area contributed by atoms with Crippen molar-refractivity contribution in [3.05, 3.63) is 57.4 Å². The van der Waals surface area contributed by atoms with Crippen molar-refractivity contribution >= 4 is 39.1 Å². The number of aromatic nitrogens is 2. The predicted molar refractivity (Wildman–Crippen MR) is 90.9 cm³/mol. The molecule has 0 radical (unpaired) electrons. The molecule has 0 bridgehead atoms. The van der Waals surface area contributed by atoms with Gasteiger partial charge in [-0.25, -0.2) is 9.37 Å². The minimum Gasteiger partial charge on any atom is -0.293 e. The molecule has 7 heteroatoms. The summed E-state index contributed by atoms with van der Waals surface area (Å²) in [5, 5.41) is 2.46. The quantitative estimate of drug-likeness (QED) is 0.411. The monoisotopic (exact) mass is 348 g/mol. The van der Waals surface area contributed by atoms with Crippen molar-refractivity contribution in [2.45, 2.75) is 17.3 Å². The number of carbonyl (C=O) groups excluding carboxylic acids is 1. The Kier molecular flexibility index (Phi) is 4.32.